The fourth-order valence-corrected chi connectivity index (χ4v) is 3.54. The molecule has 2 aliphatic rings. The molecular formula is C12H23N3O2. The molecule has 2 rings (SSSR count). The average Bonchev–Trinajstić information content (AvgIpc) is 2.35. The lowest BCUT2D eigenvalue weighted by Crippen LogP contribution is -2.57. The third-order valence-electron chi connectivity index (χ3n) is 4.41. The van der Waals surface area contributed by atoms with Crippen molar-refractivity contribution in [2.24, 2.45) is 11.8 Å². The first-order chi connectivity index (χ1) is 8.24. The first kappa shape index (κ1) is 12.8. The molecule has 1 saturated carbocycles. The van der Waals surface area contributed by atoms with Crippen LogP contribution >= 0.6 is 0 Å². The molecule has 4 atom stereocenters. The minimum atomic E-state index is -0.373. The van der Waals surface area contributed by atoms with E-state index in [0.717, 1.165) is 32.4 Å². The largest absolute Gasteiger partial charge is 0.320 e. The summed E-state index contributed by atoms with van der Waals surface area (Å²) >= 11 is 0. The maximum atomic E-state index is 11.3. The SMILES string of the molecule is CNCCC1CCC2CCCNC2C1[N+](=O)[O-]. The zero-order valence-electron chi connectivity index (χ0n) is 10.5. The maximum absolute atomic E-state index is 11.3. The maximum Gasteiger partial charge on any atom is 0.231 e. The van der Waals surface area contributed by atoms with Gasteiger partial charge in [0.25, 0.3) is 0 Å². The number of rotatable bonds is 4. The molecule has 1 saturated heterocycles. The minimum Gasteiger partial charge on any atom is -0.320 e. The molecule has 0 spiro atoms. The zero-order valence-corrected chi connectivity index (χ0v) is 10.5. The summed E-state index contributed by atoms with van der Waals surface area (Å²) in [6, 6.07) is -0.253. The molecule has 0 aromatic carbocycles. The Bertz CT molecular complexity index is 272. The van der Waals surface area contributed by atoms with Crippen LogP contribution in [0.3, 0.4) is 0 Å². The third-order valence-corrected chi connectivity index (χ3v) is 4.41. The van der Waals surface area contributed by atoms with Crippen molar-refractivity contribution in [1.29, 1.82) is 0 Å². The van der Waals surface area contributed by atoms with Crippen molar-refractivity contribution in [2.45, 2.75) is 44.2 Å². The molecule has 0 bridgehead atoms. The monoisotopic (exact) mass is 241 g/mol. The predicted molar refractivity (Wildman–Crippen MR) is 66.6 cm³/mol. The molecule has 0 amide bonds. The molecule has 0 radical (unpaired) electrons. The number of hydrogen-bond acceptors (Lipinski definition) is 4. The summed E-state index contributed by atoms with van der Waals surface area (Å²) in [6.07, 6.45) is 5.45. The van der Waals surface area contributed by atoms with Gasteiger partial charge in [0.05, 0.1) is 6.04 Å². The lowest BCUT2D eigenvalue weighted by Gasteiger charge is -2.41. The quantitative estimate of drug-likeness (QED) is 0.569. The van der Waals surface area contributed by atoms with Gasteiger partial charge in [0.2, 0.25) is 6.04 Å². The highest BCUT2D eigenvalue weighted by molar-refractivity contribution is 4.94. The van der Waals surface area contributed by atoms with Crippen molar-refractivity contribution in [3.8, 4) is 0 Å². The molecular weight excluding hydrogens is 218 g/mol. The Morgan fingerprint density at radius 1 is 1.41 bits per heavy atom. The Balaban J connectivity index is 2.05. The van der Waals surface area contributed by atoms with Gasteiger partial charge >= 0.3 is 0 Å². The van der Waals surface area contributed by atoms with Crippen LogP contribution in [0.15, 0.2) is 0 Å². The van der Waals surface area contributed by atoms with Crippen LogP contribution in [-0.4, -0.2) is 37.1 Å². The lowest BCUT2D eigenvalue weighted by molar-refractivity contribution is -0.542. The van der Waals surface area contributed by atoms with Gasteiger partial charge in [0.1, 0.15) is 0 Å². The highest BCUT2D eigenvalue weighted by Crippen LogP contribution is 2.36. The van der Waals surface area contributed by atoms with Crippen LogP contribution in [0.2, 0.25) is 0 Å². The number of hydrogen-bond donors (Lipinski definition) is 2. The van der Waals surface area contributed by atoms with Crippen molar-refractivity contribution >= 4 is 0 Å². The fourth-order valence-electron chi connectivity index (χ4n) is 3.54. The topological polar surface area (TPSA) is 67.2 Å². The third kappa shape index (κ3) is 2.77. The molecule has 5 heteroatoms. The van der Waals surface area contributed by atoms with Crippen molar-refractivity contribution in [1.82, 2.24) is 10.6 Å². The van der Waals surface area contributed by atoms with E-state index in [2.05, 4.69) is 10.6 Å². The van der Waals surface area contributed by atoms with Crippen molar-refractivity contribution in [3.05, 3.63) is 10.1 Å². The summed E-state index contributed by atoms with van der Waals surface area (Å²) in [5, 5.41) is 17.8. The van der Waals surface area contributed by atoms with Crippen LogP contribution in [0.1, 0.15) is 32.1 Å². The van der Waals surface area contributed by atoms with Crippen LogP contribution in [-0.2, 0) is 0 Å². The first-order valence-corrected chi connectivity index (χ1v) is 6.75. The van der Waals surface area contributed by atoms with Crippen LogP contribution < -0.4 is 10.6 Å². The second-order valence-corrected chi connectivity index (χ2v) is 5.39. The molecule has 0 aromatic rings. The van der Waals surface area contributed by atoms with E-state index in [0.29, 0.717) is 5.92 Å². The highest BCUT2D eigenvalue weighted by atomic mass is 16.6. The van der Waals surface area contributed by atoms with Crippen LogP contribution in [0.4, 0.5) is 0 Å². The summed E-state index contributed by atoms with van der Waals surface area (Å²) in [7, 11) is 1.91. The Hall–Kier alpha value is -0.680. The molecule has 0 aromatic heterocycles. The second kappa shape index (κ2) is 5.78. The van der Waals surface area contributed by atoms with Gasteiger partial charge in [-0.25, -0.2) is 0 Å². The number of piperidine rings is 1. The average molecular weight is 241 g/mol. The lowest BCUT2D eigenvalue weighted by atomic mass is 9.70. The van der Waals surface area contributed by atoms with Gasteiger partial charge < -0.3 is 10.6 Å². The van der Waals surface area contributed by atoms with Gasteiger partial charge in [-0.2, -0.15) is 0 Å². The smallest absolute Gasteiger partial charge is 0.231 e. The van der Waals surface area contributed by atoms with E-state index >= 15 is 0 Å². The predicted octanol–water partition coefficient (Wildman–Crippen LogP) is 1.02. The Labute approximate surface area is 102 Å². The van der Waals surface area contributed by atoms with Gasteiger partial charge in [-0.15, -0.1) is 0 Å². The highest BCUT2D eigenvalue weighted by Gasteiger charge is 2.47. The summed E-state index contributed by atoms with van der Waals surface area (Å²) in [5.41, 5.74) is 0. The van der Waals surface area contributed by atoms with E-state index in [4.69, 9.17) is 0 Å². The summed E-state index contributed by atoms with van der Waals surface area (Å²) in [6.45, 7) is 1.83. The van der Waals surface area contributed by atoms with E-state index in [9.17, 15) is 10.1 Å². The summed E-state index contributed by atoms with van der Waals surface area (Å²) < 4.78 is 0. The summed E-state index contributed by atoms with van der Waals surface area (Å²) in [4.78, 5) is 11.3. The van der Waals surface area contributed by atoms with Gasteiger partial charge in [0, 0.05) is 10.8 Å². The molecule has 5 nitrogen and oxygen atoms in total. The number of nitrogens with zero attached hydrogens (tertiary/aromatic N) is 1. The summed E-state index contributed by atoms with van der Waals surface area (Å²) in [5.74, 6) is 0.772. The van der Waals surface area contributed by atoms with Crippen molar-refractivity contribution in [3.63, 3.8) is 0 Å². The van der Waals surface area contributed by atoms with Gasteiger partial charge in [-0.05, 0) is 58.2 Å². The number of nitro groups is 1. The van der Waals surface area contributed by atoms with Crippen molar-refractivity contribution < 1.29 is 4.92 Å². The standard InChI is InChI=1S/C12H23N3O2/c1-13-8-6-10-5-4-9-3-2-7-14-11(9)12(10)15(16)17/h9-14H,2-8H2,1H3. The molecule has 1 heterocycles. The van der Waals surface area contributed by atoms with E-state index in [1.165, 1.54) is 12.8 Å². The molecule has 1 aliphatic carbocycles. The second-order valence-electron chi connectivity index (χ2n) is 5.39. The molecule has 4 unspecified atom stereocenters. The zero-order chi connectivity index (χ0) is 12.3. The first-order valence-electron chi connectivity index (χ1n) is 6.75. The molecule has 2 N–H and O–H groups in total. The Morgan fingerprint density at radius 2 is 2.24 bits per heavy atom. The van der Waals surface area contributed by atoms with Gasteiger partial charge in [-0.3, -0.25) is 10.1 Å². The van der Waals surface area contributed by atoms with Crippen LogP contribution in [0.5, 0.6) is 0 Å². The molecule has 2 fully saturated rings. The normalized spacial score (nSPS) is 37.5. The Morgan fingerprint density at radius 3 is 2.94 bits per heavy atom. The number of nitrogens with one attached hydrogen (secondary N) is 2. The van der Waals surface area contributed by atoms with E-state index in [1.807, 2.05) is 7.05 Å². The van der Waals surface area contributed by atoms with E-state index in [-0.39, 0.29) is 22.9 Å². The molecule has 98 valence electrons. The van der Waals surface area contributed by atoms with Crippen molar-refractivity contribution in [2.75, 3.05) is 20.1 Å². The van der Waals surface area contributed by atoms with E-state index in [1.54, 1.807) is 0 Å². The van der Waals surface area contributed by atoms with Gasteiger partial charge in [-0.1, -0.05) is 0 Å². The fraction of sp³-hybridized carbons (Fsp3) is 1.00. The van der Waals surface area contributed by atoms with Crippen LogP contribution in [0.25, 0.3) is 0 Å². The number of fused-ring (bicyclic) bond motifs is 1. The molecule has 17 heavy (non-hydrogen) atoms. The molecule has 1 aliphatic heterocycles. The Kier molecular flexibility index (Phi) is 4.34. The van der Waals surface area contributed by atoms with E-state index < -0.39 is 0 Å². The minimum absolute atomic E-state index is 0.0323. The van der Waals surface area contributed by atoms with Crippen LogP contribution in [0, 0.1) is 22.0 Å². The van der Waals surface area contributed by atoms with Gasteiger partial charge in [0.15, 0.2) is 0 Å².